The van der Waals surface area contributed by atoms with Gasteiger partial charge >= 0.3 is 0 Å². The number of aryl methyl sites for hydroxylation is 2. The number of halogens is 2. The zero-order valence-electron chi connectivity index (χ0n) is 17.3. The average molecular weight is 477 g/mol. The van der Waals surface area contributed by atoms with E-state index in [0.29, 0.717) is 16.4 Å². The van der Waals surface area contributed by atoms with Crippen LogP contribution in [0.5, 0.6) is 0 Å². The van der Waals surface area contributed by atoms with Crippen molar-refractivity contribution in [2.75, 3.05) is 16.2 Å². The van der Waals surface area contributed by atoms with Crippen LogP contribution < -0.4 is 9.62 Å². The van der Waals surface area contributed by atoms with Crippen LogP contribution in [-0.4, -0.2) is 20.9 Å². The van der Waals surface area contributed by atoms with Gasteiger partial charge in [0.05, 0.1) is 20.6 Å². The van der Waals surface area contributed by atoms with Crippen LogP contribution in [-0.2, 0) is 14.8 Å². The highest BCUT2D eigenvalue weighted by Crippen LogP contribution is 2.29. The number of rotatable bonds is 6. The Bertz CT molecular complexity index is 1230. The molecule has 0 radical (unpaired) electrons. The maximum atomic E-state index is 13.5. The first-order valence-electron chi connectivity index (χ1n) is 9.50. The summed E-state index contributed by atoms with van der Waals surface area (Å²) in [6, 6.07) is 16.6. The second-order valence-electron chi connectivity index (χ2n) is 7.22. The van der Waals surface area contributed by atoms with E-state index in [-0.39, 0.29) is 9.92 Å². The summed E-state index contributed by atoms with van der Waals surface area (Å²) in [6.45, 7) is 5.20. The van der Waals surface area contributed by atoms with Gasteiger partial charge in [-0.15, -0.1) is 0 Å². The quantitative estimate of drug-likeness (QED) is 0.492. The molecule has 3 aromatic carbocycles. The fraction of sp³-hybridized carbons (Fsp3) is 0.174. The molecule has 0 saturated carbocycles. The van der Waals surface area contributed by atoms with Crippen molar-refractivity contribution in [1.29, 1.82) is 0 Å². The Labute approximate surface area is 192 Å². The van der Waals surface area contributed by atoms with E-state index in [9.17, 15) is 13.2 Å². The number of carbonyl (C=O) groups is 1. The maximum Gasteiger partial charge on any atom is 0.264 e. The molecule has 0 heterocycles. The molecule has 162 valence electrons. The molecule has 1 N–H and O–H groups in total. The topological polar surface area (TPSA) is 66.5 Å². The Balaban J connectivity index is 1.99. The standard InChI is InChI=1S/C23H22Cl2N2O3S/c1-15-7-10-19(11-8-15)31(29,30)27(22-6-4-5-16(2)17(22)3)14-23(28)26-18-9-12-20(24)21(25)13-18/h4-13H,14H2,1-3H3,(H,26,28). The molecule has 3 aromatic rings. The van der Waals surface area contributed by atoms with Crippen molar-refractivity contribution in [3.63, 3.8) is 0 Å². The van der Waals surface area contributed by atoms with E-state index in [1.54, 1.807) is 48.5 Å². The van der Waals surface area contributed by atoms with Crippen LogP contribution in [0.3, 0.4) is 0 Å². The van der Waals surface area contributed by atoms with Crippen LogP contribution in [0.2, 0.25) is 10.0 Å². The minimum atomic E-state index is -3.99. The van der Waals surface area contributed by atoms with Crippen molar-refractivity contribution in [3.05, 3.63) is 87.4 Å². The van der Waals surface area contributed by atoms with Crippen molar-refractivity contribution in [3.8, 4) is 0 Å². The molecule has 5 nitrogen and oxygen atoms in total. The fourth-order valence-electron chi connectivity index (χ4n) is 3.05. The second kappa shape index (κ2) is 9.30. The highest BCUT2D eigenvalue weighted by atomic mass is 35.5. The van der Waals surface area contributed by atoms with E-state index in [4.69, 9.17) is 23.2 Å². The number of nitrogens with one attached hydrogen (secondary N) is 1. The predicted molar refractivity (Wildman–Crippen MR) is 127 cm³/mol. The second-order valence-corrected chi connectivity index (χ2v) is 9.90. The molecule has 0 unspecified atom stereocenters. The molecule has 31 heavy (non-hydrogen) atoms. The number of sulfonamides is 1. The van der Waals surface area contributed by atoms with Gasteiger partial charge in [-0.3, -0.25) is 9.10 Å². The van der Waals surface area contributed by atoms with E-state index in [0.717, 1.165) is 21.0 Å². The van der Waals surface area contributed by atoms with Gasteiger partial charge in [0.15, 0.2) is 0 Å². The van der Waals surface area contributed by atoms with Crippen LogP contribution in [0.25, 0.3) is 0 Å². The zero-order chi connectivity index (χ0) is 22.8. The molecule has 0 spiro atoms. The summed E-state index contributed by atoms with van der Waals surface area (Å²) in [4.78, 5) is 12.9. The van der Waals surface area contributed by atoms with Gasteiger partial charge in [-0.1, -0.05) is 53.0 Å². The van der Waals surface area contributed by atoms with Gasteiger partial charge in [-0.25, -0.2) is 8.42 Å². The lowest BCUT2D eigenvalue weighted by atomic mass is 10.1. The lowest BCUT2D eigenvalue weighted by Gasteiger charge is -2.26. The number of carbonyl (C=O) groups excluding carboxylic acids is 1. The minimum absolute atomic E-state index is 0.112. The first-order chi connectivity index (χ1) is 14.6. The Morgan fingerprint density at radius 3 is 2.26 bits per heavy atom. The number of anilines is 2. The van der Waals surface area contributed by atoms with E-state index in [1.807, 2.05) is 26.8 Å². The van der Waals surface area contributed by atoms with Gasteiger partial charge in [-0.05, 0) is 68.3 Å². The summed E-state index contributed by atoms with van der Waals surface area (Å²) >= 11 is 11.9. The van der Waals surface area contributed by atoms with Crippen LogP contribution in [0, 0.1) is 20.8 Å². The molecular weight excluding hydrogens is 455 g/mol. The van der Waals surface area contributed by atoms with Crippen LogP contribution in [0.1, 0.15) is 16.7 Å². The first kappa shape index (κ1) is 23.1. The van der Waals surface area contributed by atoms with Gasteiger partial charge < -0.3 is 5.32 Å². The number of amides is 1. The molecule has 0 aliphatic heterocycles. The SMILES string of the molecule is Cc1ccc(S(=O)(=O)N(CC(=O)Nc2ccc(Cl)c(Cl)c2)c2cccc(C)c2C)cc1. The molecule has 0 fully saturated rings. The van der Waals surface area contributed by atoms with Crippen LogP contribution >= 0.6 is 23.2 Å². The van der Waals surface area contributed by atoms with Gasteiger partial charge in [-0.2, -0.15) is 0 Å². The molecule has 0 bridgehead atoms. The molecule has 0 aliphatic carbocycles. The van der Waals surface area contributed by atoms with Crippen molar-refractivity contribution < 1.29 is 13.2 Å². The lowest BCUT2D eigenvalue weighted by molar-refractivity contribution is -0.114. The molecule has 3 rings (SSSR count). The summed E-state index contributed by atoms with van der Waals surface area (Å²) in [6.07, 6.45) is 0. The maximum absolute atomic E-state index is 13.5. The molecule has 0 saturated heterocycles. The Morgan fingerprint density at radius 2 is 1.61 bits per heavy atom. The van der Waals surface area contributed by atoms with E-state index >= 15 is 0 Å². The summed E-state index contributed by atoms with van der Waals surface area (Å²) in [5.41, 5.74) is 3.51. The molecule has 0 atom stereocenters. The monoisotopic (exact) mass is 476 g/mol. The summed E-state index contributed by atoms with van der Waals surface area (Å²) in [5.74, 6) is -0.505. The van der Waals surface area contributed by atoms with Crippen molar-refractivity contribution >= 4 is 50.5 Å². The predicted octanol–water partition coefficient (Wildman–Crippen LogP) is 5.75. The first-order valence-corrected chi connectivity index (χ1v) is 11.7. The summed E-state index contributed by atoms with van der Waals surface area (Å²) < 4.78 is 28.1. The number of benzene rings is 3. The smallest absolute Gasteiger partial charge is 0.264 e. The van der Waals surface area contributed by atoms with Crippen molar-refractivity contribution in [2.45, 2.75) is 25.7 Å². The van der Waals surface area contributed by atoms with Gasteiger partial charge in [0.25, 0.3) is 10.0 Å². The molecule has 1 amide bonds. The van der Waals surface area contributed by atoms with Gasteiger partial charge in [0, 0.05) is 5.69 Å². The van der Waals surface area contributed by atoms with Gasteiger partial charge in [0.2, 0.25) is 5.91 Å². The zero-order valence-corrected chi connectivity index (χ0v) is 19.6. The molecule has 0 aliphatic rings. The minimum Gasteiger partial charge on any atom is -0.324 e. The van der Waals surface area contributed by atoms with E-state index in [1.165, 1.54) is 6.07 Å². The Morgan fingerprint density at radius 1 is 0.935 bits per heavy atom. The third-order valence-corrected chi connectivity index (χ3v) is 7.46. The fourth-order valence-corrected chi connectivity index (χ4v) is 4.82. The normalized spacial score (nSPS) is 11.3. The van der Waals surface area contributed by atoms with Crippen molar-refractivity contribution in [2.24, 2.45) is 0 Å². The molecule has 0 aromatic heterocycles. The summed E-state index contributed by atoms with van der Waals surface area (Å²) in [5, 5.41) is 3.34. The van der Waals surface area contributed by atoms with E-state index < -0.39 is 22.5 Å². The van der Waals surface area contributed by atoms with Crippen LogP contribution in [0.4, 0.5) is 11.4 Å². The van der Waals surface area contributed by atoms with Gasteiger partial charge in [0.1, 0.15) is 6.54 Å². The summed E-state index contributed by atoms with van der Waals surface area (Å²) in [7, 11) is -3.99. The highest BCUT2D eigenvalue weighted by Gasteiger charge is 2.28. The number of hydrogen-bond donors (Lipinski definition) is 1. The number of hydrogen-bond acceptors (Lipinski definition) is 3. The molecule has 8 heteroatoms. The largest absolute Gasteiger partial charge is 0.324 e. The third-order valence-electron chi connectivity index (χ3n) is 4.94. The Hall–Kier alpha value is -2.54. The van der Waals surface area contributed by atoms with Crippen LogP contribution in [0.15, 0.2) is 65.6 Å². The van der Waals surface area contributed by atoms with E-state index in [2.05, 4.69) is 5.32 Å². The average Bonchev–Trinajstić information content (AvgIpc) is 2.71. The molecular formula is C23H22Cl2N2O3S. The number of nitrogens with zero attached hydrogens (tertiary/aromatic N) is 1. The Kier molecular flexibility index (Phi) is 6.94. The highest BCUT2D eigenvalue weighted by molar-refractivity contribution is 7.92. The van der Waals surface area contributed by atoms with Crippen molar-refractivity contribution in [1.82, 2.24) is 0 Å². The third kappa shape index (κ3) is 5.21. The lowest BCUT2D eigenvalue weighted by Crippen LogP contribution is -2.38.